The zero-order valence-electron chi connectivity index (χ0n) is 12.6. The molecule has 23 heavy (non-hydrogen) atoms. The van der Waals surface area contributed by atoms with Gasteiger partial charge >= 0.3 is 0 Å². The van der Waals surface area contributed by atoms with Crippen molar-refractivity contribution in [3.8, 4) is 0 Å². The van der Waals surface area contributed by atoms with Crippen molar-refractivity contribution in [1.29, 1.82) is 0 Å². The van der Waals surface area contributed by atoms with E-state index in [-0.39, 0.29) is 5.56 Å². The van der Waals surface area contributed by atoms with Gasteiger partial charge in [0, 0.05) is 37.1 Å². The van der Waals surface area contributed by atoms with Gasteiger partial charge < -0.3 is 10.2 Å². The minimum Gasteiger partial charge on any atom is -0.381 e. The quantitative estimate of drug-likeness (QED) is 0.799. The third kappa shape index (κ3) is 2.92. The predicted octanol–water partition coefficient (Wildman–Crippen LogP) is 2.23. The maximum atomic E-state index is 11.8. The summed E-state index contributed by atoms with van der Waals surface area (Å²) in [6.07, 6.45) is 3.77. The van der Waals surface area contributed by atoms with Crippen LogP contribution in [0.1, 0.15) is 12.8 Å². The van der Waals surface area contributed by atoms with E-state index in [1.54, 1.807) is 0 Å². The number of piperidine rings is 1. The van der Waals surface area contributed by atoms with Gasteiger partial charge in [-0.2, -0.15) is 4.52 Å². The Hall–Kier alpha value is -2.41. The van der Waals surface area contributed by atoms with Crippen LogP contribution in [0.5, 0.6) is 0 Å². The third-order valence-electron chi connectivity index (χ3n) is 4.00. The highest BCUT2D eigenvalue weighted by atomic mass is 32.1. The fourth-order valence-electron chi connectivity index (χ4n) is 2.90. The van der Waals surface area contributed by atoms with Crippen molar-refractivity contribution in [3.05, 3.63) is 52.9 Å². The van der Waals surface area contributed by atoms with E-state index in [1.807, 2.05) is 18.2 Å². The fraction of sp³-hybridized carbons (Fsp3) is 0.312. The highest BCUT2D eigenvalue weighted by Gasteiger charge is 2.22. The van der Waals surface area contributed by atoms with Gasteiger partial charge in [-0.1, -0.05) is 29.5 Å². The van der Waals surface area contributed by atoms with Crippen LogP contribution in [0.2, 0.25) is 0 Å². The summed E-state index contributed by atoms with van der Waals surface area (Å²) < 4.78 is 1.38. The summed E-state index contributed by atoms with van der Waals surface area (Å²) in [5, 5.41) is 8.87. The van der Waals surface area contributed by atoms with E-state index in [0.717, 1.165) is 36.8 Å². The molecule has 4 rings (SSSR count). The number of hydrogen-bond donors (Lipinski definition) is 1. The van der Waals surface area contributed by atoms with Crippen molar-refractivity contribution >= 4 is 27.1 Å². The second-order valence-corrected chi connectivity index (χ2v) is 6.59. The first-order valence-corrected chi connectivity index (χ1v) is 8.53. The minimum atomic E-state index is -0.131. The van der Waals surface area contributed by atoms with E-state index < -0.39 is 0 Å². The Morgan fingerprint density at radius 2 is 2.09 bits per heavy atom. The Bertz CT molecular complexity index is 860. The maximum Gasteiger partial charge on any atom is 0.275 e. The Morgan fingerprint density at radius 3 is 2.91 bits per heavy atom. The molecule has 1 aromatic carbocycles. The number of hydrogen-bond acceptors (Lipinski definition) is 6. The second-order valence-electron chi connectivity index (χ2n) is 5.66. The van der Waals surface area contributed by atoms with Crippen LogP contribution < -0.4 is 15.8 Å². The van der Waals surface area contributed by atoms with Crippen LogP contribution >= 0.6 is 11.3 Å². The van der Waals surface area contributed by atoms with E-state index in [2.05, 4.69) is 32.4 Å². The molecule has 1 atom stereocenters. The fourth-order valence-corrected chi connectivity index (χ4v) is 3.81. The lowest BCUT2D eigenvalue weighted by Gasteiger charge is -2.33. The molecule has 0 amide bonds. The first kappa shape index (κ1) is 14.2. The number of para-hydroxylation sites is 1. The van der Waals surface area contributed by atoms with Crippen molar-refractivity contribution in [2.75, 3.05) is 23.3 Å². The second kappa shape index (κ2) is 6.00. The van der Waals surface area contributed by atoms with E-state index in [1.165, 1.54) is 28.1 Å². The number of rotatable bonds is 3. The van der Waals surface area contributed by atoms with Gasteiger partial charge in [0.25, 0.3) is 5.56 Å². The lowest BCUT2D eigenvalue weighted by Crippen LogP contribution is -2.42. The first-order chi connectivity index (χ1) is 11.3. The van der Waals surface area contributed by atoms with Crippen LogP contribution in [0, 0.1) is 0 Å². The summed E-state index contributed by atoms with van der Waals surface area (Å²) >= 11 is 1.47. The molecule has 0 bridgehead atoms. The SMILES string of the molecule is O=c1ccnc2sc(N3CCCC(Nc4ccccc4)C3)nn12. The molecule has 7 heteroatoms. The lowest BCUT2D eigenvalue weighted by molar-refractivity contribution is 0.527. The Morgan fingerprint density at radius 1 is 1.22 bits per heavy atom. The van der Waals surface area contributed by atoms with Crippen molar-refractivity contribution in [1.82, 2.24) is 14.6 Å². The molecular formula is C16H17N5OS. The average Bonchev–Trinajstić information content (AvgIpc) is 3.02. The smallest absolute Gasteiger partial charge is 0.275 e. The number of aromatic nitrogens is 3. The summed E-state index contributed by atoms with van der Waals surface area (Å²) in [4.78, 5) is 18.9. The standard InChI is InChI=1S/C16H17N5OS/c22-14-8-9-17-15-21(14)19-16(23-15)20-10-4-7-13(11-20)18-12-5-2-1-3-6-12/h1-3,5-6,8-9,13,18H,4,7,10-11H2. The summed E-state index contributed by atoms with van der Waals surface area (Å²) in [6, 6.07) is 12.1. The van der Waals surface area contributed by atoms with Crippen molar-refractivity contribution in [3.63, 3.8) is 0 Å². The normalized spacial score (nSPS) is 18.3. The molecule has 3 heterocycles. The summed E-state index contributed by atoms with van der Waals surface area (Å²) in [5.41, 5.74) is 1.01. The highest BCUT2D eigenvalue weighted by molar-refractivity contribution is 7.20. The third-order valence-corrected chi connectivity index (χ3v) is 4.98. The van der Waals surface area contributed by atoms with Gasteiger partial charge in [0.15, 0.2) is 0 Å². The van der Waals surface area contributed by atoms with Crippen LogP contribution in [-0.2, 0) is 0 Å². The van der Waals surface area contributed by atoms with Crippen LogP contribution in [0.15, 0.2) is 47.4 Å². The zero-order valence-corrected chi connectivity index (χ0v) is 13.4. The van der Waals surface area contributed by atoms with Crippen molar-refractivity contribution in [2.24, 2.45) is 0 Å². The number of anilines is 2. The van der Waals surface area contributed by atoms with Gasteiger partial charge in [0.05, 0.1) is 0 Å². The van der Waals surface area contributed by atoms with Crippen molar-refractivity contribution < 1.29 is 0 Å². The molecule has 0 aliphatic carbocycles. The molecule has 2 aromatic heterocycles. The number of benzene rings is 1. The molecule has 118 valence electrons. The first-order valence-electron chi connectivity index (χ1n) is 7.71. The monoisotopic (exact) mass is 327 g/mol. The Labute approximate surface area is 137 Å². The molecule has 1 aliphatic heterocycles. The van der Waals surface area contributed by atoms with E-state index in [4.69, 9.17) is 0 Å². The van der Waals surface area contributed by atoms with Gasteiger partial charge in [-0.25, -0.2) is 4.98 Å². The molecule has 3 aromatic rings. The molecule has 1 N–H and O–H groups in total. The lowest BCUT2D eigenvalue weighted by atomic mass is 10.1. The summed E-state index contributed by atoms with van der Waals surface area (Å²) in [6.45, 7) is 1.84. The summed E-state index contributed by atoms with van der Waals surface area (Å²) in [7, 11) is 0. The van der Waals surface area contributed by atoms with Gasteiger partial charge in [0.2, 0.25) is 10.1 Å². The molecule has 0 radical (unpaired) electrons. The molecule has 1 unspecified atom stereocenters. The molecule has 1 saturated heterocycles. The molecule has 0 saturated carbocycles. The molecular weight excluding hydrogens is 310 g/mol. The maximum absolute atomic E-state index is 11.8. The number of fused-ring (bicyclic) bond motifs is 1. The van der Waals surface area contributed by atoms with Crippen molar-refractivity contribution in [2.45, 2.75) is 18.9 Å². The molecule has 0 spiro atoms. The average molecular weight is 327 g/mol. The van der Waals surface area contributed by atoms with Crippen LogP contribution in [0.25, 0.3) is 4.96 Å². The van der Waals surface area contributed by atoms with E-state index in [0.29, 0.717) is 11.0 Å². The van der Waals surface area contributed by atoms with Gasteiger partial charge in [0.1, 0.15) is 0 Å². The summed E-state index contributed by atoms with van der Waals surface area (Å²) in [5.74, 6) is 0. The minimum absolute atomic E-state index is 0.131. The highest BCUT2D eigenvalue weighted by Crippen LogP contribution is 2.25. The molecule has 6 nitrogen and oxygen atoms in total. The number of nitrogens with one attached hydrogen (secondary N) is 1. The van der Waals surface area contributed by atoms with Crippen LogP contribution in [0.3, 0.4) is 0 Å². The van der Waals surface area contributed by atoms with Gasteiger partial charge in [-0.3, -0.25) is 4.79 Å². The Kier molecular flexibility index (Phi) is 3.70. The van der Waals surface area contributed by atoms with E-state index in [9.17, 15) is 4.79 Å². The molecule has 1 fully saturated rings. The number of nitrogens with zero attached hydrogens (tertiary/aromatic N) is 4. The Balaban J connectivity index is 1.54. The van der Waals surface area contributed by atoms with Crippen LogP contribution in [0.4, 0.5) is 10.8 Å². The van der Waals surface area contributed by atoms with Gasteiger partial charge in [-0.15, -0.1) is 5.10 Å². The molecule has 1 aliphatic rings. The predicted molar refractivity (Wildman–Crippen MR) is 92.4 cm³/mol. The topological polar surface area (TPSA) is 62.5 Å². The largest absolute Gasteiger partial charge is 0.381 e. The zero-order chi connectivity index (χ0) is 15.6. The van der Waals surface area contributed by atoms with Gasteiger partial charge in [-0.05, 0) is 25.0 Å². The van der Waals surface area contributed by atoms with E-state index >= 15 is 0 Å². The van der Waals surface area contributed by atoms with Crippen LogP contribution in [-0.4, -0.2) is 33.7 Å².